The maximum absolute atomic E-state index is 6.48. The number of hydrogen-bond donors (Lipinski definition) is 0. The van der Waals surface area contributed by atoms with E-state index in [1.165, 1.54) is 11.1 Å². The molecule has 4 rings (SSSR count). The summed E-state index contributed by atoms with van der Waals surface area (Å²) in [7, 11) is 0. The molecule has 0 aliphatic heterocycles. The zero-order valence-corrected chi connectivity index (χ0v) is 23.6. The Morgan fingerprint density at radius 3 is 1.43 bits per heavy atom. The fraction of sp³-hybridized carbons (Fsp3) is 0.194. The van der Waals surface area contributed by atoms with Crippen molar-refractivity contribution in [3.05, 3.63) is 145 Å². The third-order valence-corrected chi connectivity index (χ3v) is 4.71. The average molecular weight is 640 g/mol. The number of pyridine rings is 2. The van der Waals surface area contributed by atoms with E-state index in [1.54, 1.807) is 0 Å². The molecule has 2 aromatic heterocycles. The minimum absolute atomic E-state index is 0. The molecule has 2 heterocycles. The van der Waals surface area contributed by atoms with Crippen molar-refractivity contribution in [1.29, 1.82) is 0 Å². The van der Waals surface area contributed by atoms with Crippen LogP contribution in [0, 0.1) is 45.0 Å². The van der Waals surface area contributed by atoms with Gasteiger partial charge < -0.3 is 4.85 Å². The number of hydrogen-bond acceptors (Lipinski definition) is 0. The summed E-state index contributed by atoms with van der Waals surface area (Å²) >= 11 is 0. The Balaban J connectivity index is 0.000000280. The van der Waals surface area contributed by atoms with Crippen LogP contribution < -0.4 is 19.2 Å². The normalized spacial score (nSPS) is 16.8. The quantitative estimate of drug-likeness (QED) is 0.303. The van der Waals surface area contributed by atoms with Crippen LogP contribution in [0.25, 0.3) is 16.0 Å². The van der Waals surface area contributed by atoms with Gasteiger partial charge in [0.15, 0.2) is 12.4 Å². The van der Waals surface area contributed by atoms with Gasteiger partial charge in [-0.25, -0.2) is 66.0 Å². The van der Waals surface area contributed by atoms with Crippen molar-refractivity contribution in [3.8, 4) is 0 Å². The molecule has 180 valence electrons. The van der Waals surface area contributed by atoms with Crippen LogP contribution in [0.4, 0.5) is 0 Å². The Kier molecular flexibility index (Phi) is 12.0. The first-order valence-electron chi connectivity index (χ1n) is 11.1. The topological polar surface area (TPSA) is 16.2 Å². The van der Waals surface area contributed by atoms with Gasteiger partial charge in [0, 0.05) is 20.8 Å². The molecule has 0 saturated carbocycles. The van der Waals surface area contributed by atoms with E-state index >= 15 is 0 Å². The molecule has 35 heavy (non-hydrogen) atoms. The third kappa shape index (κ3) is 10.2. The van der Waals surface area contributed by atoms with Crippen LogP contribution in [0.5, 0.6) is 0 Å². The van der Waals surface area contributed by atoms with Gasteiger partial charge in [-0.3, -0.25) is 20.6 Å². The van der Waals surface area contributed by atoms with Gasteiger partial charge in [-0.15, -0.1) is 13.8 Å². The minimum Gasteiger partial charge on any atom is -0.311 e. The Bertz CT molecular complexity index is 1300. The van der Waals surface area contributed by atoms with Gasteiger partial charge >= 0.3 is 20.1 Å². The second-order valence-corrected chi connectivity index (χ2v) is 8.95. The van der Waals surface area contributed by atoms with Crippen molar-refractivity contribution in [2.45, 2.75) is 40.2 Å². The molecule has 0 radical (unpaired) electrons. The van der Waals surface area contributed by atoms with Crippen molar-refractivity contribution in [1.82, 2.24) is 0 Å². The maximum Gasteiger partial charge on any atom is 3.00 e. The monoisotopic (exact) mass is 640 g/mol. The number of aromatic nitrogens is 2. The SMILES string of the molecule is C=[n+]1cccc/c1=C1/[C-]=CC(C)=C[CH-]1.C=[n+]1cccc/c1=C1/[C-]=CC(C)=C[CH-]1.[C-]#[N+]C(C)(C)C.[Ir+3]. The summed E-state index contributed by atoms with van der Waals surface area (Å²) in [6, 6.07) is 12.0. The van der Waals surface area contributed by atoms with E-state index < -0.39 is 0 Å². The first-order valence-corrected chi connectivity index (χ1v) is 11.1. The van der Waals surface area contributed by atoms with Gasteiger partial charge in [-0.2, -0.15) is 0 Å². The molecule has 2 aliphatic rings. The first kappa shape index (κ1) is 29.7. The van der Waals surface area contributed by atoms with Crippen molar-refractivity contribution in [2.24, 2.45) is 0 Å². The van der Waals surface area contributed by atoms with E-state index in [0.29, 0.717) is 0 Å². The predicted molar refractivity (Wildman–Crippen MR) is 139 cm³/mol. The predicted octanol–water partition coefficient (Wildman–Crippen LogP) is 4.28. The largest absolute Gasteiger partial charge is 3.00 e. The van der Waals surface area contributed by atoms with Crippen LogP contribution in [0.2, 0.25) is 0 Å². The van der Waals surface area contributed by atoms with E-state index in [4.69, 9.17) is 6.57 Å². The molecule has 0 N–H and O–H groups in total. The smallest absolute Gasteiger partial charge is 0.311 e. The Labute approximate surface area is 224 Å². The zero-order chi connectivity index (χ0) is 25.1. The van der Waals surface area contributed by atoms with Gasteiger partial charge in [-0.1, -0.05) is 24.3 Å². The Morgan fingerprint density at radius 2 is 1.17 bits per heavy atom. The molecule has 0 aromatic carbocycles. The van der Waals surface area contributed by atoms with E-state index in [0.717, 1.165) is 21.8 Å². The molecular formula is C31H33IrN3+. The molecule has 4 heteroatoms. The molecule has 2 aliphatic carbocycles. The summed E-state index contributed by atoms with van der Waals surface area (Å²) in [5.41, 5.74) is 4.43. The Hall–Kier alpha value is -3.38. The summed E-state index contributed by atoms with van der Waals surface area (Å²) in [5, 5.41) is 2.15. The fourth-order valence-electron chi connectivity index (χ4n) is 2.77. The third-order valence-electron chi connectivity index (χ3n) is 4.71. The number of allylic oxidation sites excluding steroid dienone is 8. The van der Waals surface area contributed by atoms with E-state index in [-0.39, 0.29) is 25.6 Å². The van der Waals surface area contributed by atoms with E-state index in [1.807, 2.05) is 90.2 Å². The minimum atomic E-state index is -0.167. The molecule has 0 bridgehead atoms. The fourth-order valence-corrected chi connectivity index (χ4v) is 2.77. The average Bonchev–Trinajstić information content (AvgIpc) is 2.82. The molecule has 0 saturated heterocycles. The summed E-state index contributed by atoms with van der Waals surface area (Å²) in [6.07, 6.45) is 22.6. The van der Waals surface area contributed by atoms with Crippen molar-refractivity contribution >= 4 is 11.1 Å². The van der Waals surface area contributed by atoms with Gasteiger partial charge in [0.05, 0.1) is 10.7 Å². The van der Waals surface area contributed by atoms with Crippen molar-refractivity contribution < 1.29 is 28.6 Å². The van der Waals surface area contributed by atoms with Gasteiger partial charge in [0.25, 0.3) is 0 Å². The van der Waals surface area contributed by atoms with Crippen LogP contribution in [0.3, 0.4) is 0 Å². The summed E-state index contributed by atoms with van der Waals surface area (Å²) in [6.45, 7) is 24.1. The van der Waals surface area contributed by atoms with Gasteiger partial charge in [-0.05, 0) is 12.1 Å². The van der Waals surface area contributed by atoms with Gasteiger partial charge in [0.2, 0.25) is 5.54 Å². The summed E-state index contributed by atoms with van der Waals surface area (Å²) < 4.78 is 3.70. The van der Waals surface area contributed by atoms with Crippen LogP contribution in [0.1, 0.15) is 34.6 Å². The first-order chi connectivity index (χ1) is 16.1. The Morgan fingerprint density at radius 1 is 0.800 bits per heavy atom. The standard InChI is InChI=1S/2C13H12N.C5H9N.Ir/c2*1-11-6-8-12(9-7-11)13-5-3-4-10-14(13)2;1-5(2,3)6-4;/h2*3-8,10H,2H2,1H3;1-3H3;/q2*-1;;+3/b2*13-12-;;. The van der Waals surface area contributed by atoms with Crippen LogP contribution in [-0.2, 0) is 20.1 Å². The molecular weight excluding hydrogens is 607 g/mol. The zero-order valence-electron chi connectivity index (χ0n) is 21.2. The second kappa shape index (κ2) is 14.1. The van der Waals surface area contributed by atoms with E-state index in [9.17, 15) is 0 Å². The van der Waals surface area contributed by atoms with Crippen molar-refractivity contribution in [3.63, 3.8) is 0 Å². The molecule has 0 amide bonds. The summed E-state index contributed by atoms with van der Waals surface area (Å²) in [5.74, 6) is 0. The van der Waals surface area contributed by atoms with Crippen LogP contribution in [-0.4, -0.2) is 5.54 Å². The molecule has 3 nitrogen and oxygen atoms in total. The molecule has 0 spiro atoms. The van der Waals surface area contributed by atoms with Crippen LogP contribution in [0.15, 0.2) is 84.2 Å². The summed E-state index contributed by atoms with van der Waals surface area (Å²) in [4.78, 5) is 3.27. The van der Waals surface area contributed by atoms with E-state index in [2.05, 4.69) is 69.3 Å². The van der Waals surface area contributed by atoms with Crippen LogP contribution >= 0.6 is 0 Å². The molecule has 0 unspecified atom stereocenters. The number of nitrogens with zero attached hydrogens (tertiary/aromatic N) is 3. The second-order valence-electron chi connectivity index (χ2n) is 8.95. The maximum atomic E-state index is 6.48. The van der Waals surface area contributed by atoms with Gasteiger partial charge in [0.1, 0.15) is 13.4 Å². The van der Waals surface area contributed by atoms with Crippen molar-refractivity contribution in [2.75, 3.05) is 0 Å². The molecule has 0 fully saturated rings. The molecule has 2 aromatic rings. The number of rotatable bonds is 0. The molecule has 0 atom stereocenters.